The van der Waals surface area contributed by atoms with Gasteiger partial charge >= 0.3 is 0 Å². The summed E-state index contributed by atoms with van der Waals surface area (Å²) in [5, 5.41) is -0.161. The summed E-state index contributed by atoms with van der Waals surface area (Å²) in [6.07, 6.45) is 5.21. The molecule has 118 valence electrons. The second-order valence-electron chi connectivity index (χ2n) is 5.69. The molecule has 3 N–H and O–H groups in total. The van der Waals surface area contributed by atoms with Gasteiger partial charge in [-0.05, 0) is 36.8 Å². The van der Waals surface area contributed by atoms with Crippen molar-refractivity contribution in [2.24, 2.45) is 5.41 Å². The monoisotopic (exact) mass is 334 g/mol. The molecule has 21 heavy (non-hydrogen) atoms. The van der Waals surface area contributed by atoms with E-state index in [4.69, 9.17) is 17.3 Å². The van der Waals surface area contributed by atoms with Gasteiger partial charge < -0.3 is 5.73 Å². The van der Waals surface area contributed by atoms with Crippen molar-refractivity contribution in [3.8, 4) is 0 Å². The highest BCUT2D eigenvalue weighted by molar-refractivity contribution is 7.89. The summed E-state index contributed by atoms with van der Waals surface area (Å²) < 4.78 is 40.6. The number of anilines is 1. The van der Waals surface area contributed by atoms with Crippen molar-refractivity contribution in [2.45, 2.75) is 43.9 Å². The van der Waals surface area contributed by atoms with Gasteiger partial charge in [-0.15, -0.1) is 0 Å². The van der Waals surface area contributed by atoms with E-state index in [1.807, 2.05) is 0 Å². The van der Waals surface area contributed by atoms with Gasteiger partial charge in [-0.1, -0.05) is 31.4 Å². The lowest BCUT2D eigenvalue weighted by Crippen LogP contribution is -2.35. The van der Waals surface area contributed by atoms with Crippen molar-refractivity contribution in [1.29, 1.82) is 0 Å². The Balaban J connectivity index is 2.21. The van der Waals surface area contributed by atoms with Crippen LogP contribution in [0.25, 0.3) is 0 Å². The first kappa shape index (κ1) is 16.5. The summed E-state index contributed by atoms with van der Waals surface area (Å²) in [5.41, 5.74) is 5.22. The highest BCUT2D eigenvalue weighted by Gasteiger charge is 2.33. The van der Waals surface area contributed by atoms with Gasteiger partial charge in [-0.25, -0.2) is 17.5 Å². The van der Waals surface area contributed by atoms with E-state index in [1.165, 1.54) is 0 Å². The van der Waals surface area contributed by atoms with Crippen LogP contribution in [0.15, 0.2) is 17.0 Å². The zero-order valence-corrected chi connectivity index (χ0v) is 13.5. The summed E-state index contributed by atoms with van der Waals surface area (Å²) >= 11 is 5.84. The van der Waals surface area contributed by atoms with E-state index in [1.54, 1.807) is 0 Å². The Kier molecular flexibility index (Phi) is 4.80. The quantitative estimate of drug-likeness (QED) is 0.811. The standard InChI is InChI=1S/C14H20ClFN2O2S/c1-2-14(5-3-4-6-14)9-18-21(19,20)13-8-12(17)11(16)7-10(13)15/h7-8,18H,2-6,9,17H2,1H3. The fraction of sp³-hybridized carbons (Fsp3) is 0.571. The summed E-state index contributed by atoms with van der Waals surface area (Å²) in [7, 11) is -3.79. The molecule has 1 aliphatic rings. The molecule has 0 unspecified atom stereocenters. The van der Waals surface area contributed by atoms with Crippen molar-refractivity contribution in [1.82, 2.24) is 4.72 Å². The Labute approximate surface area is 129 Å². The Morgan fingerprint density at radius 3 is 2.57 bits per heavy atom. The van der Waals surface area contributed by atoms with Gasteiger partial charge in [0.05, 0.1) is 10.7 Å². The van der Waals surface area contributed by atoms with Crippen LogP contribution in [0.3, 0.4) is 0 Å². The molecule has 7 heteroatoms. The van der Waals surface area contributed by atoms with Gasteiger partial charge in [-0.3, -0.25) is 0 Å². The Hall–Kier alpha value is -0.850. The zero-order valence-electron chi connectivity index (χ0n) is 12.0. The summed E-state index contributed by atoms with van der Waals surface area (Å²) in [5.74, 6) is -0.722. The number of sulfonamides is 1. The van der Waals surface area contributed by atoms with Gasteiger partial charge in [0.25, 0.3) is 0 Å². The van der Waals surface area contributed by atoms with Crippen molar-refractivity contribution >= 4 is 27.3 Å². The third-order valence-corrected chi connectivity index (χ3v) is 6.26. The molecular weight excluding hydrogens is 315 g/mol. The second-order valence-corrected chi connectivity index (χ2v) is 7.83. The largest absolute Gasteiger partial charge is 0.396 e. The Morgan fingerprint density at radius 1 is 1.38 bits per heavy atom. The average Bonchev–Trinajstić information content (AvgIpc) is 2.90. The highest BCUT2D eigenvalue weighted by atomic mass is 35.5. The molecule has 1 aromatic carbocycles. The first-order chi connectivity index (χ1) is 9.80. The molecule has 0 aliphatic heterocycles. The van der Waals surface area contributed by atoms with Crippen molar-refractivity contribution in [3.05, 3.63) is 23.0 Å². The van der Waals surface area contributed by atoms with Crippen LogP contribution in [0, 0.1) is 11.2 Å². The molecule has 2 rings (SSSR count). The normalized spacial score (nSPS) is 18.0. The van der Waals surface area contributed by atoms with Crippen LogP contribution in [0.4, 0.5) is 10.1 Å². The first-order valence-corrected chi connectivity index (χ1v) is 8.90. The van der Waals surface area contributed by atoms with E-state index in [9.17, 15) is 12.8 Å². The van der Waals surface area contributed by atoms with Crippen LogP contribution in [-0.4, -0.2) is 15.0 Å². The predicted molar refractivity (Wildman–Crippen MR) is 82.2 cm³/mol. The molecular formula is C14H20ClFN2O2S. The van der Waals surface area contributed by atoms with Crippen LogP contribution in [0.1, 0.15) is 39.0 Å². The number of hydrogen-bond acceptors (Lipinski definition) is 3. The fourth-order valence-corrected chi connectivity index (χ4v) is 4.56. The molecule has 1 fully saturated rings. The number of benzene rings is 1. The molecule has 0 aromatic heterocycles. The molecule has 1 aromatic rings. The number of hydrogen-bond donors (Lipinski definition) is 2. The number of halogens is 2. The molecule has 1 aliphatic carbocycles. The van der Waals surface area contributed by atoms with E-state index in [0.29, 0.717) is 6.54 Å². The van der Waals surface area contributed by atoms with Gasteiger partial charge in [0.2, 0.25) is 10.0 Å². The van der Waals surface area contributed by atoms with Crippen molar-refractivity contribution in [2.75, 3.05) is 12.3 Å². The van der Waals surface area contributed by atoms with Crippen molar-refractivity contribution in [3.63, 3.8) is 0 Å². The maximum absolute atomic E-state index is 13.3. The van der Waals surface area contributed by atoms with E-state index in [-0.39, 0.29) is 21.0 Å². The maximum Gasteiger partial charge on any atom is 0.242 e. The molecule has 0 radical (unpaired) electrons. The van der Waals surface area contributed by atoms with E-state index in [0.717, 1.165) is 44.2 Å². The van der Waals surface area contributed by atoms with Crippen molar-refractivity contribution < 1.29 is 12.8 Å². The minimum absolute atomic E-state index is 0.0190. The van der Waals surface area contributed by atoms with Gasteiger partial charge in [0, 0.05) is 6.54 Å². The molecule has 0 spiro atoms. The van der Waals surface area contributed by atoms with Gasteiger partial charge in [-0.2, -0.15) is 0 Å². The average molecular weight is 335 g/mol. The SMILES string of the molecule is CCC1(CNS(=O)(=O)c2cc(N)c(F)cc2Cl)CCCC1. The molecule has 0 saturated heterocycles. The van der Waals surface area contributed by atoms with Gasteiger partial charge in [0.15, 0.2) is 0 Å². The third kappa shape index (κ3) is 3.49. The second kappa shape index (κ2) is 6.10. The molecule has 0 bridgehead atoms. The molecule has 0 atom stereocenters. The first-order valence-electron chi connectivity index (χ1n) is 7.04. The summed E-state index contributed by atoms with van der Waals surface area (Å²) in [4.78, 5) is -0.174. The number of nitrogens with one attached hydrogen (secondary N) is 1. The highest BCUT2D eigenvalue weighted by Crippen LogP contribution is 2.40. The Bertz CT molecular complexity index is 628. The smallest absolute Gasteiger partial charge is 0.242 e. The molecule has 0 heterocycles. The topological polar surface area (TPSA) is 72.2 Å². The van der Waals surface area contributed by atoms with E-state index < -0.39 is 15.8 Å². The maximum atomic E-state index is 13.3. The molecule has 1 saturated carbocycles. The minimum atomic E-state index is -3.79. The lowest BCUT2D eigenvalue weighted by atomic mass is 9.84. The molecule has 4 nitrogen and oxygen atoms in total. The van der Waals surface area contributed by atoms with Crippen LogP contribution >= 0.6 is 11.6 Å². The predicted octanol–water partition coefficient (Wildman–Crippen LogP) is 3.31. The zero-order chi connectivity index (χ0) is 15.7. The van der Waals surface area contributed by atoms with E-state index >= 15 is 0 Å². The minimum Gasteiger partial charge on any atom is -0.396 e. The number of nitrogens with two attached hydrogens (primary N) is 1. The van der Waals surface area contributed by atoms with Crippen LogP contribution in [0.5, 0.6) is 0 Å². The van der Waals surface area contributed by atoms with Gasteiger partial charge in [0.1, 0.15) is 10.7 Å². The van der Waals surface area contributed by atoms with E-state index in [2.05, 4.69) is 11.6 Å². The lowest BCUT2D eigenvalue weighted by molar-refractivity contribution is 0.285. The molecule has 0 amide bonds. The number of rotatable bonds is 5. The number of nitrogen functional groups attached to an aromatic ring is 1. The van der Waals surface area contributed by atoms with Crippen LogP contribution < -0.4 is 10.5 Å². The Morgan fingerprint density at radius 2 is 2.00 bits per heavy atom. The lowest BCUT2D eigenvalue weighted by Gasteiger charge is -2.27. The third-order valence-electron chi connectivity index (χ3n) is 4.39. The van der Waals surface area contributed by atoms with Crippen LogP contribution in [-0.2, 0) is 10.0 Å². The summed E-state index contributed by atoms with van der Waals surface area (Å²) in [6, 6.07) is 1.99. The fourth-order valence-electron chi connectivity index (χ4n) is 2.86. The summed E-state index contributed by atoms with van der Waals surface area (Å²) in [6.45, 7) is 2.45. The van der Waals surface area contributed by atoms with Crippen LogP contribution in [0.2, 0.25) is 5.02 Å².